The van der Waals surface area contributed by atoms with Crippen molar-refractivity contribution >= 4 is 11.9 Å². The summed E-state index contributed by atoms with van der Waals surface area (Å²) in [5.41, 5.74) is 0. The van der Waals surface area contributed by atoms with Crippen molar-refractivity contribution in [2.45, 2.75) is 51.4 Å². The van der Waals surface area contributed by atoms with E-state index in [1.807, 2.05) is 13.8 Å². The third-order valence-electron chi connectivity index (χ3n) is 4.31. The van der Waals surface area contributed by atoms with Gasteiger partial charge in [0.25, 0.3) is 0 Å². The molecule has 6 nitrogen and oxygen atoms in total. The number of carbonyl (C=O) groups is 2. The van der Waals surface area contributed by atoms with Crippen LogP contribution in [0.4, 0.5) is 0 Å². The lowest BCUT2D eigenvalue weighted by Crippen LogP contribution is -2.49. The van der Waals surface area contributed by atoms with E-state index >= 15 is 0 Å². The Morgan fingerprint density at radius 1 is 1.33 bits per heavy atom. The highest BCUT2D eigenvalue weighted by Gasteiger charge is 2.52. The Morgan fingerprint density at radius 3 is 2.57 bits per heavy atom. The van der Waals surface area contributed by atoms with Crippen LogP contribution in [0.3, 0.4) is 0 Å². The fourth-order valence-corrected chi connectivity index (χ4v) is 3.21. The first-order valence-electron chi connectivity index (χ1n) is 7.65. The number of amides is 1. The molecule has 1 amide bonds. The standard InChI is InChI=1S/C15H25NO5/c1-11(2)16(8-6-13(17)19-3)14(18)12-5-4-7-15(12)20-9-10-21-15/h11-12H,4-10H2,1-3H3/t12-/m1/s1. The van der Waals surface area contributed by atoms with Crippen molar-refractivity contribution in [2.24, 2.45) is 5.92 Å². The molecule has 0 N–H and O–H groups in total. The van der Waals surface area contributed by atoms with Gasteiger partial charge in [0.05, 0.1) is 32.7 Å². The summed E-state index contributed by atoms with van der Waals surface area (Å²) in [6.07, 6.45) is 2.69. The highest BCUT2D eigenvalue weighted by atomic mass is 16.7. The van der Waals surface area contributed by atoms with Gasteiger partial charge in [-0.2, -0.15) is 0 Å². The lowest BCUT2D eigenvalue weighted by Gasteiger charge is -2.34. The first kappa shape index (κ1) is 16.2. The molecule has 6 heteroatoms. The predicted octanol–water partition coefficient (Wildman–Crippen LogP) is 1.33. The van der Waals surface area contributed by atoms with Crippen molar-refractivity contribution in [3.63, 3.8) is 0 Å². The van der Waals surface area contributed by atoms with Crippen LogP contribution in [0.15, 0.2) is 0 Å². The van der Waals surface area contributed by atoms with Gasteiger partial charge in [0, 0.05) is 19.0 Å². The normalized spacial score (nSPS) is 23.7. The number of ether oxygens (including phenoxy) is 3. The molecule has 1 aliphatic carbocycles. The maximum atomic E-state index is 12.9. The number of esters is 1. The van der Waals surface area contributed by atoms with Crippen LogP contribution in [0.25, 0.3) is 0 Å². The second kappa shape index (κ2) is 6.75. The van der Waals surface area contributed by atoms with Gasteiger partial charge >= 0.3 is 5.97 Å². The van der Waals surface area contributed by atoms with E-state index in [2.05, 4.69) is 4.74 Å². The minimum absolute atomic E-state index is 0.0216. The van der Waals surface area contributed by atoms with Gasteiger partial charge in [-0.3, -0.25) is 9.59 Å². The Bertz CT molecular complexity index is 384. The Balaban J connectivity index is 2.05. The van der Waals surface area contributed by atoms with Crippen LogP contribution in [0.1, 0.15) is 39.5 Å². The molecule has 2 aliphatic rings. The molecule has 1 saturated heterocycles. The molecule has 21 heavy (non-hydrogen) atoms. The molecule has 1 atom stereocenters. The first-order valence-corrected chi connectivity index (χ1v) is 7.65. The molecule has 1 heterocycles. The summed E-state index contributed by atoms with van der Waals surface area (Å²) < 4.78 is 16.2. The molecule has 120 valence electrons. The Hall–Kier alpha value is -1.14. The summed E-state index contributed by atoms with van der Waals surface area (Å²) in [5, 5.41) is 0. The first-order chi connectivity index (χ1) is 10.00. The van der Waals surface area contributed by atoms with Gasteiger partial charge in [-0.1, -0.05) is 0 Å². The van der Waals surface area contributed by atoms with Gasteiger partial charge in [-0.15, -0.1) is 0 Å². The summed E-state index contributed by atoms with van der Waals surface area (Å²) in [6.45, 7) is 5.37. The van der Waals surface area contributed by atoms with Gasteiger partial charge in [-0.05, 0) is 26.7 Å². The third-order valence-corrected chi connectivity index (χ3v) is 4.31. The average Bonchev–Trinajstić information content (AvgIpc) is 3.09. The van der Waals surface area contributed by atoms with Crippen molar-refractivity contribution in [2.75, 3.05) is 26.9 Å². The number of methoxy groups -OCH3 is 1. The molecule has 1 saturated carbocycles. The molecular formula is C15H25NO5. The van der Waals surface area contributed by atoms with E-state index in [1.54, 1.807) is 4.90 Å². The SMILES string of the molecule is COC(=O)CCN(C(=O)[C@H]1CCCC12OCCO2)C(C)C. The van der Waals surface area contributed by atoms with Crippen molar-refractivity contribution < 1.29 is 23.8 Å². The van der Waals surface area contributed by atoms with Gasteiger partial charge < -0.3 is 19.1 Å². The molecule has 2 fully saturated rings. The lowest BCUT2D eigenvalue weighted by molar-refractivity contribution is -0.192. The van der Waals surface area contributed by atoms with Crippen LogP contribution in [0.2, 0.25) is 0 Å². The second-order valence-corrected chi connectivity index (χ2v) is 5.91. The molecule has 1 aliphatic heterocycles. The quantitative estimate of drug-likeness (QED) is 0.717. The molecule has 0 aromatic carbocycles. The topological polar surface area (TPSA) is 65.1 Å². The highest BCUT2D eigenvalue weighted by molar-refractivity contribution is 5.81. The van der Waals surface area contributed by atoms with Crippen molar-refractivity contribution in [3.8, 4) is 0 Å². The summed E-state index contributed by atoms with van der Waals surface area (Å²) in [7, 11) is 1.36. The number of hydrogen-bond acceptors (Lipinski definition) is 5. The largest absolute Gasteiger partial charge is 0.469 e. The zero-order chi connectivity index (χ0) is 15.5. The molecule has 2 rings (SSSR count). The maximum absolute atomic E-state index is 12.9. The monoisotopic (exact) mass is 299 g/mol. The van der Waals surface area contributed by atoms with Crippen LogP contribution in [-0.4, -0.2) is 55.5 Å². The molecule has 0 aromatic rings. The fraction of sp³-hybridized carbons (Fsp3) is 0.867. The number of nitrogens with zero attached hydrogens (tertiary/aromatic N) is 1. The van der Waals surface area contributed by atoms with Gasteiger partial charge in [0.2, 0.25) is 5.91 Å². The van der Waals surface area contributed by atoms with Crippen LogP contribution in [0, 0.1) is 5.92 Å². The second-order valence-electron chi connectivity index (χ2n) is 5.91. The predicted molar refractivity (Wildman–Crippen MR) is 75.5 cm³/mol. The van der Waals surface area contributed by atoms with Crippen LogP contribution in [-0.2, 0) is 23.8 Å². The molecular weight excluding hydrogens is 274 g/mol. The summed E-state index contributed by atoms with van der Waals surface area (Å²) in [6, 6.07) is 0.0289. The van der Waals surface area contributed by atoms with Gasteiger partial charge in [0.1, 0.15) is 0 Å². The Kier molecular flexibility index (Phi) is 5.22. The number of hydrogen-bond donors (Lipinski definition) is 0. The minimum Gasteiger partial charge on any atom is -0.469 e. The van der Waals surface area contributed by atoms with Crippen LogP contribution < -0.4 is 0 Å². The molecule has 0 aromatic heterocycles. The molecule has 0 unspecified atom stereocenters. The zero-order valence-corrected chi connectivity index (χ0v) is 13.1. The van der Waals surface area contributed by atoms with Crippen molar-refractivity contribution in [3.05, 3.63) is 0 Å². The van der Waals surface area contributed by atoms with E-state index < -0.39 is 5.79 Å². The van der Waals surface area contributed by atoms with E-state index in [0.717, 1.165) is 19.3 Å². The van der Waals surface area contributed by atoms with Crippen LogP contribution in [0.5, 0.6) is 0 Å². The van der Waals surface area contributed by atoms with Crippen molar-refractivity contribution in [1.82, 2.24) is 4.90 Å². The van der Waals surface area contributed by atoms with E-state index in [1.165, 1.54) is 7.11 Å². The van der Waals surface area contributed by atoms with E-state index in [-0.39, 0.29) is 30.3 Å². The smallest absolute Gasteiger partial charge is 0.307 e. The molecule has 0 radical (unpaired) electrons. The van der Waals surface area contributed by atoms with Gasteiger partial charge in [-0.25, -0.2) is 0 Å². The van der Waals surface area contributed by atoms with Crippen LogP contribution >= 0.6 is 0 Å². The molecule has 1 spiro atoms. The minimum atomic E-state index is -0.727. The van der Waals surface area contributed by atoms with Crippen molar-refractivity contribution in [1.29, 1.82) is 0 Å². The third kappa shape index (κ3) is 3.37. The summed E-state index contributed by atoms with van der Waals surface area (Å²) in [5.74, 6) is -1.27. The highest BCUT2D eigenvalue weighted by Crippen LogP contribution is 2.43. The van der Waals surface area contributed by atoms with E-state index in [4.69, 9.17) is 9.47 Å². The Morgan fingerprint density at radius 2 is 2.00 bits per heavy atom. The van der Waals surface area contributed by atoms with Gasteiger partial charge in [0.15, 0.2) is 5.79 Å². The molecule has 0 bridgehead atoms. The number of carbonyl (C=O) groups excluding carboxylic acids is 2. The summed E-state index contributed by atoms with van der Waals surface area (Å²) >= 11 is 0. The lowest BCUT2D eigenvalue weighted by atomic mass is 9.99. The maximum Gasteiger partial charge on any atom is 0.307 e. The fourth-order valence-electron chi connectivity index (χ4n) is 3.21. The van der Waals surface area contributed by atoms with E-state index in [9.17, 15) is 9.59 Å². The number of rotatable bonds is 5. The summed E-state index contributed by atoms with van der Waals surface area (Å²) in [4.78, 5) is 25.9. The van der Waals surface area contributed by atoms with E-state index in [0.29, 0.717) is 19.8 Å². The average molecular weight is 299 g/mol. The zero-order valence-electron chi connectivity index (χ0n) is 13.1. The Labute approximate surface area is 125 Å².